The smallest absolute Gasteiger partial charge is 0.136 e. The van der Waals surface area contributed by atoms with Gasteiger partial charge in [-0.05, 0) is 49.4 Å². The van der Waals surface area contributed by atoms with Crippen molar-refractivity contribution in [3.8, 4) is 0 Å². The molecule has 3 heteroatoms. The molecule has 0 aliphatic heterocycles. The Morgan fingerprint density at radius 3 is 1.21 bits per heavy atom. The van der Waals surface area contributed by atoms with Crippen LogP contribution >= 0.6 is 23.2 Å². The molecule has 0 heterocycles. The van der Waals surface area contributed by atoms with Crippen LogP contribution in [-0.2, 0) is 4.74 Å². The van der Waals surface area contributed by atoms with E-state index in [0.29, 0.717) is 11.8 Å². The summed E-state index contributed by atoms with van der Waals surface area (Å²) in [5.41, 5.74) is -0.364. The lowest BCUT2D eigenvalue weighted by Crippen LogP contribution is -2.39. The van der Waals surface area contributed by atoms with E-state index in [0.717, 1.165) is 23.7 Å². The van der Waals surface area contributed by atoms with E-state index in [9.17, 15) is 0 Å². The minimum Gasteiger partial charge on any atom is -0.343 e. The minimum absolute atomic E-state index is 0.182. The van der Waals surface area contributed by atoms with Crippen LogP contribution in [0.5, 0.6) is 0 Å². The largest absolute Gasteiger partial charge is 0.343 e. The Labute approximate surface area is 190 Å². The molecule has 4 aliphatic rings. The second kappa shape index (κ2) is 11.4. The van der Waals surface area contributed by atoms with Gasteiger partial charge in [0.15, 0.2) is 0 Å². The zero-order chi connectivity index (χ0) is 20.1. The molecular formula is C26H44Cl2O. The molecule has 4 saturated carbocycles. The van der Waals surface area contributed by atoms with Crippen molar-refractivity contribution in [3.63, 3.8) is 0 Å². The summed E-state index contributed by atoms with van der Waals surface area (Å²) >= 11 is 14.0. The summed E-state index contributed by atoms with van der Waals surface area (Å²) in [6.45, 7) is 0. The van der Waals surface area contributed by atoms with Gasteiger partial charge in [0, 0.05) is 11.8 Å². The lowest BCUT2D eigenvalue weighted by atomic mass is 9.67. The van der Waals surface area contributed by atoms with Gasteiger partial charge in [-0.1, -0.05) is 113 Å². The van der Waals surface area contributed by atoms with Gasteiger partial charge in [0.2, 0.25) is 0 Å². The van der Waals surface area contributed by atoms with Crippen molar-refractivity contribution in [3.05, 3.63) is 0 Å². The molecule has 0 bridgehead atoms. The average molecular weight is 444 g/mol. The van der Waals surface area contributed by atoms with Crippen molar-refractivity contribution in [1.29, 1.82) is 0 Å². The maximum absolute atomic E-state index is 7.01. The summed E-state index contributed by atoms with van der Waals surface area (Å²) in [5, 5.41) is 0. The molecule has 0 radical (unpaired) electrons. The summed E-state index contributed by atoms with van der Waals surface area (Å²) in [4.78, 5) is 0. The molecule has 0 aromatic carbocycles. The van der Waals surface area contributed by atoms with Gasteiger partial charge in [-0.15, -0.1) is 0 Å². The number of alkyl halides is 2. The zero-order valence-electron chi connectivity index (χ0n) is 18.5. The average Bonchev–Trinajstić information content (AvgIpc) is 2.80. The zero-order valence-corrected chi connectivity index (χ0v) is 20.0. The number of hydrogen-bond donors (Lipinski definition) is 0. The van der Waals surface area contributed by atoms with Gasteiger partial charge in [0.25, 0.3) is 0 Å². The van der Waals surface area contributed by atoms with Crippen molar-refractivity contribution < 1.29 is 4.74 Å². The predicted octanol–water partition coefficient (Wildman–Crippen LogP) is 8.91. The van der Waals surface area contributed by atoms with E-state index in [4.69, 9.17) is 27.9 Å². The molecule has 0 aromatic rings. The molecule has 0 spiro atoms. The molecule has 1 nitrogen and oxygen atoms in total. The molecule has 0 amide bonds. The maximum atomic E-state index is 7.01. The fraction of sp³-hybridized carbons (Fsp3) is 1.00. The molecule has 4 fully saturated rings. The minimum atomic E-state index is -0.182. The van der Waals surface area contributed by atoms with E-state index in [1.54, 1.807) is 0 Å². The van der Waals surface area contributed by atoms with Gasteiger partial charge in [-0.2, -0.15) is 0 Å². The summed E-state index contributed by atoms with van der Waals surface area (Å²) in [7, 11) is 0. The van der Waals surface area contributed by atoms with Gasteiger partial charge < -0.3 is 4.74 Å². The van der Waals surface area contributed by atoms with Gasteiger partial charge in [-0.3, -0.25) is 0 Å². The fourth-order valence-corrected chi connectivity index (χ4v) is 8.55. The van der Waals surface area contributed by atoms with Crippen LogP contribution < -0.4 is 0 Å². The highest BCUT2D eigenvalue weighted by Gasteiger charge is 2.41. The topological polar surface area (TPSA) is 9.23 Å². The van der Waals surface area contributed by atoms with Gasteiger partial charge >= 0.3 is 0 Å². The molecule has 6 unspecified atom stereocenters. The lowest BCUT2D eigenvalue weighted by molar-refractivity contribution is -0.0482. The van der Waals surface area contributed by atoms with E-state index in [1.807, 2.05) is 0 Å². The fourth-order valence-electron chi connectivity index (χ4n) is 7.65. The molecular weight excluding hydrogens is 399 g/mol. The Bertz CT molecular complexity index is 429. The Balaban J connectivity index is 1.36. The molecule has 4 rings (SSSR count). The quantitative estimate of drug-likeness (QED) is 0.372. The van der Waals surface area contributed by atoms with Gasteiger partial charge in [0.1, 0.15) is 11.1 Å². The highest BCUT2D eigenvalue weighted by atomic mass is 35.5. The first-order chi connectivity index (χ1) is 14.2. The van der Waals surface area contributed by atoms with Crippen LogP contribution in [0, 0.1) is 35.5 Å². The van der Waals surface area contributed by atoms with Crippen LogP contribution in [0.15, 0.2) is 0 Å². The summed E-state index contributed by atoms with van der Waals surface area (Å²) in [5.74, 6) is 4.36. The normalized spacial score (nSPS) is 37.9. The summed E-state index contributed by atoms with van der Waals surface area (Å²) in [6.07, 6.45) is 24.9. The standard InChI is InChI=1S/C26H44Cl2O/c27-25(23-17-9-7-15-21(23)19-11-3-1-4-12-19)29-26(28)24-18-10-8-16-22(24)20-13-5-2-6-14-20/h19-26H,1-18H2. The Morgan fingerprint density at radius 2 is 0.793 bits per heavy atom. The van der Waals surface area contributed by atoms with Crippen molar-refractivity contribution >= 4 is 23.2 Å². The van der Waals surface area contributed by atoms with Crippen molar-refractivity contribution in [2.45, 2.75) is 127 Å². The highest BCUT2D eigenvalue weighted by Crippen LogP contribution is 2.47. The molecule has 0 N–H and O–H groups in total. The van der Waals surface area contributed by atoms with Crippen LogP contribution in [0.1, 0.15) is 116 Å². The van der Waals surface area contributed by atoms with Gasteiger partial charge in [-0.25, -0.2) is 0 Å². The highest BCUT2D eigenvalue weighted by molar-refractivity contribution is 6.22. The second-order valence-corrected chi connectivity index (χ2v) is 11.7. The van der Waals surface area contributed by atoms with E-state index >= 15 is 0 Å². The number of halogens is 2. The van der Waals surface area contributed by atoms with Gasteiger partial charge in [0.05, 0.1) is 0 Å². The summed E-state index contributed by atoms with van der Waals surface area (Å²) < 4.78 is 6.50. The molecule has 0 aromatic heterocycles. The van der Waals surface area contributed by atoms with Crippen molar-refractivity contribution in [1.82, 2.24) is 0 Å². The number of rotatable bonds is 6. The Hall–Kier alpha value is 0.540. The predicted molar refractivity (Wildman–Crippen MR) is 124 cm³/mol. The molecule has 29 heavy (non-hydrogen) atoms. The van der Waals surface area contributed by atoms with Crippen LogP contribution in [-0.4, -0.2) is 11.1 Å². The maximum Gasteiger partial charge on any atom is 0.136 e. The third-order valence-electron chi connectivity index (χ3n) is 9.19. The third-order valence-corrected chi connectivity index (χ3v) is 10.0. The monoisotopic (exact) mass is 442 g/mol. The van der Waals surface area contributed by atoms with Crippen LogP contribution in [0.2, 0.25) is 0 Å². The summed E-state index contributed by atoms with van der Waals surface area (Å²) in [6, 6.07) is 0. The molecule has 4 aliphatic carbocycles. The number of ether oxygens (including phenoxy) is 1. The third kappa shape index (κ3) is 5.87. The van der Waals surface area contributed by atoms with E-state index < -0.39 is 0 Å². The molecule has 0 saturated heterocycles. The Morgan fingerprint density at radius 1 is 0.448 bits per heavy atom. The van der Waals surface area contributed by atoms with E-state index in [1.165, 1.54) is 116 Å². The molecule has 168 valence electrons. The first-order valence-electron chi connectivity index (χ1n) is 13.2. The van der Waals surface area contributed by atoms with E-state index in [-0.39, 0.29) is 11.1 Å². The van der Waals surface area contributed by atoms with E-state index in [2.05, 4.69) is 0 Å². The first kappa shape index (κ1) is 22.7. The molecule has 6 atom stereocenters. The van der Waals surface area contributed by atoms with Crippen molar-refractivity contribution in [2.75, 3.05) is 0 Å². The first-order valence-corrected chi connectivity index (χ1v) is 14.0. The van der Waals surface area contributed by atoms with Crippen LogP contribution in [0.25, 0.3) is 0 Å². The SMILES string of the molecule is ClC(OC(Cl)C1CCCCC1C1CCCCC1)C1CCCCC1C1CCCCC1. The number of hydrogen-bond acceptors (Lipinski definition) is 1. The lowest BCUT2D eigenvalue weighted by Gasteiger charge is -2.43. The van der Waals surface area contributed by atoms with Crippen molar-refractivity contribution in [2.24, 2.45) is 35.5 Å². The second-order valence-electron chi connectivity index (χ2n) is 10.9. The Kier molecular flexibility index (Phi) is 8.95. The van der Waals surface area contributed by atoms with Crippen LogP contribution in [0.4, 0.5) is 0 Å². The van der Waals surface area contributed by atoms with Crippen LogP contribution in [0.3, 0.4) is 0 Å².